The van der Waals surface area contributed by atoms with Gasteiger partial charge in [0.2, 0.25) is 5.91 Å². The SMILES string of the molecule is CCOC(=O)c1c(NC(C)=O)sc(C(=O)N(C)C)c1C. The van der Waals surface area contributed by atoms with Gasteiger partial charge >= 0.3 is 5.97 Å². The molecule has 0 fully saturated rings. The zero-order valence-electron chi connectivity index (χ0n) is 12.2. The fraction of sp³-hybridized carbons (Fsp3) is 0.462. The zero-order valence-corrected chi connectivity index (χ0v) is 13.0. The summed E-state index contributed by atoms with van der Waals surface area (Å²) in [6.07, 6.45) is 0. The number of carbonyl (C=O) groups is 3. The Balaban J connectivity index is 3.34. The van der Waals surface area contributed by atoms with Crippen molar-refractivity contribution in [1.82, 2.24) is 4.90 Å². The van der Waals surface area contributed by atoms with Gasteiger partial charge in [-0.25, -0.2) is 4.79 Å². The second-order valence-corrected chi connectivity index (χ2v) is 5.38. The number of rotatable bonds is 4. The maximum Gasteiger partial charge on any atom is 0.341 e. The van der Waals surface area contributed by atoms with Gasteiger partial charge in [-0.1, -0.05) is 0 Å². The molecule has 0 saturated carbocycles. The molecule has 6 nitrogen and oxygen atoms in total. The third-order valence-electron chi connectivity index (χ3n) is 2.52. The van der Waals surface area contributed by atoms with Crippen LogP contribution in [0.2, 0.25) is 0 Å². The first-order valence-electron chi connectivity index (χ1n) is 6.09. The second kappa shape index (κ2) is 6.51. The molecule has 0 aliphatic rings. The standard InChI is InChI=1S/C13H18N2O4S/c1-6-19-13(18)9-7(2)10(12(17)15(4)5)20-11(9)14-8(3)16/h6H2,1-5H3,(H,14,16). The molecule has 1 aromatic rings. The van der Waals surface area contributed by atoms with Gasteiger partial charge in [-0.2, -0.15) is 0 Å². The average molecular weight is 298 g/mol. The largest absolute Gasteiger partial charge is 0.462 e. The Morgan fingerprint density at radius 2 is 1.90 bits per heavy atom. The van der Waals surface area contributed by atoms with Crippen molar-refractivity contribution in [2.75, 3.05) is 26.0 Å². The van der Waals surface area contributed by atoms with Gasteiger partial charge in [0.1, 0.15) is 5.00 Å². The Labute approximate surface area is 121 Å². The van der Waals surface area contributed by atoms with E-state index in [1.165, 1.54) is 11.8 Å². The van der Waals surface area contributed by atoms with Crippen molar-refractivity contribution in [3.05, 3.63) is 16.0 Å². The normalized spacial score (nSPS) is 10.1. The molecule has 1 heterocycles. The number of hydrogen-bond donors (Lipinski definition) is 1. The Hall–Kier alpha value is -1.89. The Bertz CT molecular complexity index is 549. The van der Waals surface area contributed by atoms with Gasteiger partial charge in [0, 0.05) is 21.0 Å². The van der Waals surface area contributed by atoms with Crippen LogP contribution in [0, 0.1) is 6.92 Å². The van der Waals surface area contributed by atoms with Crippen LogP contribution in [0.15, 0.2) is 0 Å². The molecule has 1 N–H and O–H groups in total. The van der Waals surface area contributed by atoms with Gasteiger partial charge in [-0.15, -0.1) is 11.3 Å². The summed E-state index contributed by atoms with van der Waals surface area (Å²) >= 11 is 1.08. The van der Waals surface area contributed by atoms with Crippen LogP contribution in [0.1, 0.15) is 39.4 Å². The van der Waals surface area contributed by atoms with E-state index in [2.05, 4.69) is 5.32 Å². The molecule has 0 saturated heterocycles. The lowest BCUT2D eigenvalue weighted by Gasteiger charge is -2.09. The Morgan fingerprint density at radius 3 is 2.35 bits per heavy atom. The smallest absolute Gasteiger partial charge is 0.341 e. The zero-order chi connectivity index (χ0) is 15.4. The molecular formula is C13H18N2O4S. The molecule has 0 aliphatic heterocycles. The number of ether oxygens (including phenoxy) is 1. The van der Waals surface area contributed by atoms with Gasteiger partial charge in [0.25, 0.3) is 5.91 Å². The molecule has 0 unspecified atom stereocenters. The van der Waals surface area contributed by atoms with Crippen molar-refractivity contribution < 1.29 is 19.1 Å². The summed E-state index contributed by atoms with van der Waals surface area (Å²) in [6.45, 7) is 4.94. The highest BCUT2D eigenvalue weighted by molar-refractivity contribution is 7.18. The number of carbonyl (C=O) groups excluding carboxylic acids is 3. The highest BCUT2D eigenvalue weighted by atomic mass is 32.1. The van der Waals surface area contributed by atoms with Crippen LogP contribution in [0.4, 0.5) is 5.00 Å². The summed E-state index contributed by atoms with van der Waals surface area (Å²) in [7, 11) is 3.26. The number of anilines is 1. The van der Waals surface area contributed by atoms with E-state index in [0.717, 1.165) is 11.3 Å². The predicted octanol–water partition coefficient (Wildman–Crippen LogP) is 1.89. The van der Waals surface area contributed by atoms with E-state index >= 15 is 0 Å². The van der Waals surface area contributed by atoms with Crippen molar-refractivity contribution in [2.24, 2.45) is 0 Å². The van der Waals surface area contributed by atoms with Crippen molar-refractivity contribution >= 4 is 34.1 Å². The van der Waals surface area contributed by atoms with Crippen LogP contribution in [0.25, 0.3) is 0 Å². The molecular weight excluding hydrogens is 280 g/mol. The van der Waals surface area contributed by atoms with E-state index in [1.807, 2.05) is 0 Å². The monoisotopic (exact) mass is 298 g/mol. The summed E-state index contributed by atoms with van der Waals surface area (Å²) in [5.74, 6) is -1.06. The van der Waals surface area contributed by atoms with Crippen molar-refractivity contribution in [3.8, 4) is 0 Å². The summed E-state index contributed by atoms with van der Waals surface area (Å²) in [5, 5.41) is 2.92. The predicted molar refractivity (Wildman–Crippen MR) is 77.3 cm³/mol. The first-order chi connectivity index (χ1) is 9.29. The molecule has 0 spiro atoms. The Kier molecular flexibility index (Phi) is 5.26. The van der Waals surface area contributed by atoms with Crippen molar-refractivity contribution in [1.29, 1.82) is 0 Å². The van der Waals surface area contributed by atoms with Crippen LogP contribution < -0.4 is 5.32 Å². The van der Waals surface area contributed by atoms with Crippen LogP contribution in [-0.2, 0) is 9.53 Å². The van der Waals surface area contributed by atoms with Gasteiger partial charge in [-0.3, -0.25) is 9.59 Å². The maximum absolute atomic E-state index is 12.1. The van der Waals surface area contributed by atoms with E-state index in [-0.39, 0.29) is 24.0 Å². The molecule has 20 heavy (non-hydrogen) atoms. The van der Waals surface area contributed by atoms with E-state index in [4.69, 9.17) is 4.74 Å². The number of nitrogens with zero attached hydrogens (tertiary/aromatic N) is 1. The van der Waals surface area contributed by atoms with Crippen LogP contribution in [0.5, 0.6) is 0 Å². The lowest BCUT2D eigenvalue weighted by atomic mass is 10.1. The highest BCUT2D eigenvalue weighted by Gasteiger charge is 2.26. The lowest BCUT2D eigenvalue weighted by molar-refractivity contribution is -0.114. The highest BCUT2D eigenvalue weighted by Crippen LogP contribution is 2.34. The third-order valence-corrected chi connectivity index (χ3v) is 3.71. The molecule has 1 rings (SSSR count). The minimum absolute atomic E-state index is 0.213. The molecule has 0 radical (unpaired) electrons. The fourth-order valence-corrected chi connectivity index (χ4v) is 2.88. The first-order valence-corrected chi connectivity index (χ1v) is 6.91. The molecule has 0 atom stereocenters. The fourth-order valence-electron chi connectivity index (χ4n) is 1.62. The average Bonchev–Trinajstić information content (AvgIpc) is 2.64. The lowest BCUT2D eigenvalue weighted by Crippen LogP contribution is -2.21. The number of hydrogen-bond acceptors (Lipinski definition) is 5. The summed E-state index contributed by atoms with van der Waals surface area (Å²) < 4.78 is 4.98. The van der Waals surface area contributed by atoms with Crippen LogP contribution in [-0.4, -0.2) is 43.4 Å². The second-order valence-electron chi connectivity index (χ2n) is 4.36. The molecule has 0 aliphatic carbocycles. The van der Waals surface area contributed by atoms with Crippen molar-refractivity contribution in [2.45, 2.75) is 20.8 Å². The molecule has 2 amide bonds. The minimum atomic E-state index is -0.539. The maximum atomic E-state index is 12.1. The summed E-state index contributed by atoms with van der Waals surface area (Å²) in [4.78, 5) is 37.1. The Morgan fingerprint density at radius 1 is 1.30 bits per heavy atom. The van der Waals surface area contributed by atoms with E-state index in [0.29, 0.717) is 15.4 Å². The van der Waals surface area contributed by atoms with Gasteiger partial charge in [-0.05, 0) is 19.4 Å². The van der Waals surface area contributed by atoms with Gasteiger partial charge in [0.05, 0.1) is 17.0 Å². The third kappa shape index (κ3) is 3.36. The quantitative estimate of drug-likeness (QED) is 0.861. The van der Waals surface area contributed by atoms with Gasteiger partial charge < -0.3 is 15.0 Å². The molecule has 110 valence electrons. The van der Waals surface area contributed by atoms with E-state index in [9.17, 15) is 14.4 Å². The number of amides is 2. The van der Waals surface area contributed by atoms with Crippen molar-refractivity contribution in [3.63, 3.8) is 0 Å². The van der Waals surface area contributed by atoms with Gasteiger partial charge in [0.15, 0.2) is 0 Å². The van der Waals surface area contributed by atoms with E-state index < -0.39 is 5.97 Å². The molecule has 7 heteroatoms. The summed E-state index contributed by atoms with van der Waals surface area (Å²) in [5.41, 5.74) is 0.771. The van der Waals surface area contributed by atoms with Crippen LogP contribution in [0.3, 0.4) is 0 Å². The van der Waals surface area contributed by atoms with E-state index in [1.54, 1.807) is 27.9 Å². The molecule has 1 aromatic heterocycles. The number of nitrogens with one attached hydrogen (secondary N) is 1. The first kappa shape index (κ1) is 16.2. The minimum Gasteiger partial charge on any atom is -0.462 e. The topological polar surface area (TPSA) is 75.7 Å². The summed E-state index contributed by atoms with van der Waals surface area (Å²) in [6, 6.07) is 0. The van der Waals surface area contributed by atoms with Crippen LogP contribution >= 0.6 is 11.3 Å². The number of thiophene rings is 1. The number of esters is 1. The molecule has 0 bridgehead atoms. The molecule has 0 aromatic carbocycles.